The Morgan fingerprint density at radius 1 is 0.846 bits per heavy atom. The second-order valence-corrected chi connectivity index (χ2v) is 5.98. The van der Waals surface area contributed by atoms with Gasteiger partial charge in [0, 0.05) is 0 Å². The number of oxazole rings is 1. The molecule has 128 valence electrons. The Labute approximate surface area is 151 Å². The van der Waals surface area contributed by atoms with Crippen molar-refractivity contribution >= 4 is 17.1 Å². The number of aromatic nitrogens is 1. The highest BCUT2D eigenvalue weighted by molar-refractivity contribution is 5.74. The van der Waals surface area contributed by atoms with Gasteiger partial charge in [0.1, 0.15) is 5.52 Å². The highest BCUT2D eigenvalue weighted by Crippen LogP contribution is 2.20. The van der Waals surface area contributed by atoms with Gasteiger partial charge in [-0.05, 0) is 28.8 Å². The molecule has 4 nitrogen and oxygen atoms in total. The first kappa shape index (κ1) is 16.1. The van der Waals surface area contributed by atoms with Crippen LogP contribution in [0.4, 0.5) is 0 Å². The zero-order valence-electron chi connectivity index (χ0n) is 14.1. The average molecular weight is 343 g/mol. The molecule has 0 bridgehead atoms. The number of benzene rings is 3. The molecule has 0 atom stereocenters. The first-order chi connectivity index (χ1) is 12.8. The van der Waals surface area contributed by atoms with Crippen molar-refractivity contribution in [3.05, 3.63) is 90.3 Å². The molecule has 4 aromatic rings. The molecule has 0 aliphatic heterocycles. The van der Waals surface area contributed by atoms with Crippen LogP contribution in [0.1, 0.15) is 11.5 Å². The number of carbonyl (C=O) groups is 1. The molecule has 0 spiro atoms. The van der Waals surface area contributed by atoms with Crippen LogP contribution < -0.4 is 0 Å². The summed E-state index contributed by atoms with van der Waals surface area (Å²) < 4.78 is 10.8. The van der Waals surface area contributed by atoms with Gasteiger partial charge in [-0.25, -0.2) is 4.98 Å². The molecule has 0 aliphatic rings. The molecule has 0 saturated heterocycles. The molecule has 0 aliphatic carbocycles. The topological polar surface area (TPSA) is 52.3 Å². The Balaban J connectivity index is 1.35. The van der Waals surface area contributed by atoms with Crippen molar-refractivity contribution in [2.45, 2.75) is 13.0 Å². The van der Waals surface area contributed by atoms with Crippen molar-refractivity contribution in [3.63, 3.8) is 0 Å². The summed E-state index contributed by atoms with van der Waals surface area (Å²) in [6.07, 6.45) is 0.218. The van der Waals surface area contributed by atoms with E-state index in [0.717, 1.165) is 22.2 Å². The fraction of sp³-hybridized carbons (Fsp3) is 0.0909. The fourth-order valence-corrected chi connectivity index (χ4v) is 2.79. The van der Waals surface area contributed by atoms with Gasteiger partial charge in [-0.15, -0.1) is 0 Å². The lowest BCUT2D eigenvalue weighted by Crippen LogP contribution is -2.08. The van der Waals surface area contributed by atoms with Crippen molar-refractivity contribution in [1.82, 2.24) is 4.98 Å². The van der Waals surface area contributed by atoms with E-state index < -0.39 is 0 Å². The normalized spacial score (nSPS) is 10.8. The third-order valence-corrected chi connectivity index (χ3v) is 4.10. The number of ether oxygens (including phenoxy) is 1. The molecular formula is C22H17NO3. The third kappa shape index (κ3) is 3.64. The van der Waals surface area contributed by atoms with E-state index in [1.165, 1.54) is 0 Å². The summed E-state index contributed by atoms with van der Waals surface area (Å²) in [5.74, 6) is 0.0960. The van der Waals surface area contributed by atoms with Crippen molar-refractivity contribution in [1.29, 1.82) is 0 Å². The first-order valence-corrected chi connectivity index (χ1v) is 8.42. The lowest BCUT2D eigenvalue weighted by atomic mass is 10.0. The number of hydrogen-bond donors (Lipinski definition) is 0. The van der Waals surface area contributed by atoms with E-state index in [9.17, 15) is 4.79 Å². The molecule has 4 heteroatoms. The van der Waals surface area contributed by atoms with E-state index in [2.05, 4.69) is 17.1 Å². The van der Waals surface area contributed by atoms with Gasteiger partial charge in [0.25, 0.3) is 0 Å². The van der Waals surface area contributed by atoms with Crippen LogP contribution in [0.2, 0.25) is 0 Å². The van der Waals surface area contributed by atoms with E-state index in [-0.39, 0.29) is 19.0 Å². The summed E-state index contributed by atoms with van der Waals surface area (Å²) in [5, 5.41) is 0. The Kier molecular flexibility index (Phi) is 4.48. The number of para-hydroxylation sites is 2. The van der Waals surface area contributed by atoms with Gasteiger partial charge in [-0.2, -0.15) is 0 Å². The lowest BCUT2D eigenvalue weighted by molar-refractivity contribution is -0.144. The van der Waals surface area contributed by atoms with Gasteiger partial charge < -0.3 is 9.15 Å². The molecule has 0 saturated carbocycles. The van der Waals surface area contributed by atoms with Crippen LogP contribution in [-0.4, -0.2) is 11.0 Å². The molecule has 4 rings (SSSR count). The molecular weight excluding hydrogens is 326 g/mol. The Morgan fingerprint density at radius 2 is 1.54 bits per heavy atom. The number of fused-ring (bicyclic) bond motifs is 1. The van der Waals surface area contributed by atoms with Crippen molar-refractivity contribution in [2.75, 3.05) is 0 Å². The molecule has 0 radical (unpaired) electrons. The van der Waals surface area contributed by atoms with Crippen LogP contribution in [-0.2, 0) is 22.6 Å². The minimum atomic E-state index is -0.306. The number of esters is 1. The van der Waals surface area contributed by atoms with Crippen molar-refractivity contribution in [2.24, 2.45) is 0 Å². The van der Waals surface area contributed by atoms with Crippen LogP contribution in [0.25, 0.3) is 22.2 Å². The van der Waals surface area contributed by atoms with Gasteiger partial charge in [0.15, 0.2) is 12.2 Å². The van der Waals surface area contributed by atoms with E-state index in [0.29, 0.717) is 11.5 Å². The van der Waals surface area contributed by atoms with Crippen LogP contribution in [0.15, 0.2) is 83.3 Å². The van der Waals surface area contributed by atoms with Gasteiger partial charge in [-0.3, -0.25) is 4.79 Å². The number of rotatable bonds is 5. The van der Waals surface area contributed by atoms with Gasteiger partial charge in [0.2, 0.25) is 5.89 Å². The molecule has 1 heterocycles. The molecule has 26 heavy (non-hydrogen) atoms. The molecule has 0 fully saturated rings. The Morgan fingerprint density at radius 3 is 2.31 bits per heavy atom. The summed E-state index contributed by atoms with van der Waals surface area (Å²) in [4.78, 5) is 16.4. The van der Waals surface area contributed by atoms with Crippen LogP contribution >= 0.6 is 0 Å². The second-order valence-electron chi connectivity index (χ2n) is 5.98. The minimum Gasteiger partial charge on any atom is -0.455 e. The maximum Gasteiger partial charge on any atom is 0.310 e. The Hall–Kier alpha value is -3.40. The van der Waals surface area contributed by atoms with E-state index in [1.54, 1.807) is 0 Å². The average Bonchev–Trinajstić information content (AvgIpc) is 3.11. The first-order valence-electron chi connectivity index (χ1n) is 8.42. The zero-order valence-corrected chi connectivity index (χ0v) is 14.1. The standard InChI is InChI=1S/C22H17NO3/c24-22(25-15-21-23-19-8-4-5-9-20(19)26-21)14-16-10-12-18(13-11-16)17-6-2-1-3-7-17/h1-13H,14-15H2. The summed E-state index contributed by atoms with van der Waals surface area (Å²) in [6.45, 7) is 0.0373. The zero-order chi connectivity index (χ0) is 17.8. The Bertz CT molecular complexity index is 987. The minimum absolute atomic E-state index is 0.0373. The quantitative estimate of drug-likeness (QED) is 0.489. The predicted octanol–water partition coefficient (Wildman–Crippen LogP) is 4.78. The summed E-state index contributed by atoms with van der Waals surface area (Å²) >= 11 is 0. The van der Waals surface area contributed by atoms with E-state index >= 15 is 0 Å². The highest BCUT2D eigenvalue weighted by Gasteiger charge is 2.10. The second kappa shape index (κ2) is 7.23. The monoisotopic (exact) mass is 343 g/mol. The number of hydrogen-bond acceptors (Lipinski definition) is 4. The lowest BCUT2D eigenvalue weighted by Gasteiger charge is -2.05. The predicted molar refractivity (Wildman–Crippen MR) is 99.4 cm³/mol. The van der Waals surface area contributed by atoms with Crippen LogP contribution in [0.5, 0.6) is 0 Å². The number of carbonyl (C=O) groups excluding carboxylic acids is 1. The largest absolute Gasteiger partial charge is 0.455 e. The molecule has 0 unspecified atom stereocenters. The SMILES string of the molecule is O=C(Cc1ccc(-c2ccccc2)cc1)OCc1nc2ccccc2o1. The molecule has 0 N–H and O–H groups in total. The fourth-order valence-electron chi connectivity index (χ4n) is 2.79. The van der Waals surface area contributed by atoms with Gasteiger partial charge >= 0.3 is 5.97 Å². The maximum absolute atomic E-state index is 12.1. The third-order valence-electron chi connectivity index (χ3n) is 4.10. The molecule has 1 aromatic heterocycles. The smallest absolute Gasteiger partial charge is 0.310 e. The van der Waals surface area contributed by atoms with Gasteiger partial charge in [0.05, 0.1) is 6.42 Å². The molecule has 3 aromatic carbocycles. The maximum atomic E-state index is 12.1. The van der Waals surface area contributed by atoms with Crippen LogP contribution in [0.3, 0.4) is 0 Å². The van der Waals surface area contributed by atoms with E-state index in [1.807, 2.05) is 66.7 Å². The number of nitrogens with zero attached hydrogens (tertiary/aromatic N) is 1. The van der Waals surface area contributed by atoms with Crippen molar-refractivity contribution < 1.29 is 13.9 Å². The van der Waals surface area contributed by atoms with Gasteiger partial charge in [-0.1, -0.05) is 66.7 Å². The summed E-state index contributed by atoms with van der Waals surface area (Å²) in [5.41, 5.74) is 4.63. The molecule has 0 amide bonds. The highest BCUT2D eigenvalue weighted by atomic mass is 16.5. The summed E-state index contributed by atoms with van der Waals surface area (Å²) in [6, 6.07) is 25.5. The van der Waals surface area contributed by atoms with E-state index in [4.69, 9.17) is 9.15 Å². The van der Waals surface area contributed by atoms with Crippen molar-refractivity contribution in [3.8, 4) is 11.1 Å². The van der Waals surface area contributed by atoms with Crippen LogP contribution in [0, 0.1) is 0 Å². The summed E-state index contributed by atoms with van der Waals surface area (Å²) in [7, 11) is 0.